The zero-order valence-corrected chi connectivity index (χ0v) is 11.8. The summed E-state index contributed by atoms with van der Waals surface area (Å²) >= 11 is 0. The molecule has 114 valence electrons. The first-order valence-electron chi connectivity index (χ1n) is 6.80. The normalized spacial score (nSPS) is 12.7. The average Bonchev–Trinajstić information content (AvgIpc) is 2.52. The Hall–Kier alpha value is -2.36. The summed E-state index contributed by atoms with van der Waals surface area (Å²) in [6.45, 7) is 3.68. The van der Waals surface area contributed by atoms with E-state index in [0.29, 0.717) is 11.1 Å². The molecule has 0 aromatic heterocycles. The molecule has 2 aromatic carbocycles. The van der Waals surface area contributed by atoms with Crippen LogP contribution in [-0.2, 0) is 6.18 Å². The minimum Gasteiger partial charge on any atom is -0.294 e. The van der Waals surface area contributed by atoms with Crippen molar-refractivity contribution >= 4 is 5.78 Å². The highest BCUT2D eigenvalue weighted by Gasteiger charge is 2.30. The molecule has 0 amide bonds. The Labute approximate surface area is 127 Å². The van der Waals surface area contributed by atoms with E-state index >= 15 is 0 Å². The van der Waals surface area contributed by atoms with E-state index in [9.17, 15) is 18.0 Å². The molecule has 0 aliphatic rings. The molecule has 0 saturated heterocycles. The summed E-state index contributed by atoms with van der Waals surface area (Å²) < 4.78 is 37.7. The minimum atomic E-state index is -4.36. The summed E-state index contributed by atoms with van der Waals surface area (Å²) in [7, 11) is 0. The van der Waals surface area contributed by atoms with Gasteiger partial charge in [-0.1, -0.05) is 48.5 Å². The van der Waals surface area contributed by atoms with E-state index in [1.807, 2.05) is 6.07 Å². The molecule has 0 unspecified atom stereocenters. The summed E-state index contributed by atoms with van der Waals surface area (Å²) in [5.74, 6) is -0.375. The maximum absolute atomic E-state index is 12.6. The number of rotatable bonds is 5. The molecule has 0 bridgehead atoms. The van der Waals surface area contributed by atoms with Crippen molar-refractivity contribution < 1.29 is 18.0 Å². The van der Waals surface area contributed by atoms with E-state index in [1.165, 1.54) is 12.1 Å². The number of hydrogen-bond acceptors (Lipinski definition) is 1. The molecule has 0 fully saturated rings. The van der Waals surface area contributed by atoms with Gasteiger partial charge in [0.25, 0.3) is 0 Å². The summed E-state index contributed by atoms with van der Waals surface area (Å²) in [6, 6.07) is 13.6. The van der Waals surface area contributed by atoms with Gasteiger partial charge in [-0.05, 0) is 17.7 Å². The molecule has 0 aliphatic heterocycles. The van der Waals surface area contributed by atoms with E-state index in [2.05, 4.69) is 6.58 Å². The van der Waals surface area contributed by atoms with Crippen molar-refractivity contribution in [2.45, 2.75) is 18.5 Å². The lowest BCUT2D eigenvalue weighted by Crippen LogP contribution is -2.08. The summed E-state index contributed by atoms with van der Waals surface area (Å²) in [5.41, 5.74) is 0.530. The second-order valence-electron chi connectivity index (χ2n) is 4.96. The van der Waals surface area contributed by atoms with Crippen molar-refractivity contribution in [2.75, 3.05) is 0 Å². The van der Waals surface area contributed by atoms with Gasteiger partial charge in [0.2, 0.25) is 0 Å². The lowest BCUT2D eigenvalue weighted by Gasteiger charge is -2.14. The topological polar surface area (TPSA) is 17.1 Å². The summed E-state index contributed by atoms with van der Waals surface area (Å²) in [5, 5.41) is 0. The highest BCUT2D eigenvalue weighted by Crippen LogP contribution is 2.31. The summed E-state index contributed by atoms with van der Waals surface area (Å²) in [6.07, 6.45) is -2.59. The van der Waals surface area contributed by atoms with E-state index in [1.54, 1.807) is 30.3 Å². The lowest BCUT2D eigenvalue weighted by atomic mass is 9.91. The predicted molar refractivity (Wildman–Crippen MR) is 79.8 cm³/mol. The maximum Gasteiger partial charge on any atom is 0.416 e. The number of hydrogen-bond donors (Lipinski definition) is 0. The number of benzene rings is 2. The van der Waals surface area contributed by atoms with Crippen molar-refractivity contribution in [1.29, 1.82) is 0 Å². The fraction of sp³-hybridized carbons (Fsp3) is 0.167. The van der Waals surface area contributed by atoms with Gasteiger partial charge in [-0.15, -0.1) is 6.58 Å². The molecule has 0 saturated carbocycles. The van der Waals surface area contributed by atoms with Crippen molar-refractivity contribution in [1.82, 2.24) is 0 Å². The smallest absolute Gasteiger partial charge is 0.294 e. The number of halogens is 3. The SMILES string of the molecule is C=C[C@@H](CC(=O)c1ccccc1)c1ccc(C(F)(F)F)cc1. The standard InChI is InChI=1S/C18H15F3O/c1-2-13(12-17(22)15-6-4-3-5-7-15)14-8-10-16(11-9-14)18(19,20)21/h2-11,13H,1,12H2/t13-/m0/s1. The number of Topliss-reactive ketones (excluding diaryl/α,β-unsaturated/α-hetero) is 1. The van der Waals surface area contributed by atoms with Crippen molar-refractivity contribution in [3.8, 4) is 0 Å². The van der Waals surface area contributed by atoms with Gasteiger partial charge in [-0.3, -0.25) is 4.79 Å². The van der Waals surface area contributed by atoms with Crippen LogP contribution < -0.4 is 0 Å². The molecule has 0 N–H and O–H groups in total. The molecular formula is C18H15F3O. The molecular weight excluding hydrogens is 289 g/mol. The Morgan fingerprint density at radius 3 is 2.14 bits per heavy atom. The van der Waals surface area contributed by atoms with E-state index in [4.69, 9.17) is 0 Å². The number of alkyl halides is 3. The van der Waals surface area contributed by atoms with Gasteiger partial charge in [0.15, 0.2) is 5.78 Å². The largest absolute Gasteiger partial charge is 0.416 e. The molecule has 0 spiro atoms. The highest BCUT2D eigenvalue weighted by atomic mass is 19.4. The molecule has 2 rings (SSSR count). The highest BCUT2D eigenvalue weighted by molar-refractivity contribution is 5.96. The van der Waals surface area contributed by atoms with Crippen LogP contribution in [0.5, 0.6) is 0 Å². The molecule has 2 aromatic rings. The van der Waals surface area contributed by atoms with Crippen LogP contribution in [0.25, 0.3) is 0 Å². The van der Waals surface area contributed by atoms with Gasteiger partial charge in [-0.25, -0.2) is 0 Å². The Kier molecular flexibility index (Phi) is 4.81. The van der Waals surface area contributed by atoms with Crippen LogP contribution in [0.3, 0.4) is 0 Å². The van der Waals surface area contributed by atoms with Gasteiger partial charge in [0.05, 0.1) is 5.56 Å². The summed E-state index contributed by atoms with van der Waals surface area (Å²) in [4.78, 5) is 12.2. The van der Waals surface area contributed by atoms with Gasteiger partial charge >= 0.3 is 6.18 Å². The first-order valence-corrected chi connectivity index (χ1v) is 6.80. The molecule has 0 aliphatic carbocycles. The Balaban J connectivity index is 2.15. The fourth-order valence-electron chi connectivity index (χ4n) is 2.20. The van der Waals surface area contributed by atoms with Crippen LogP contribution in [0.15, 0.2) is 67.3 Å². The van der Waals surface area contributed by atoms with Crippen LogP contribution in [0.4, 0.5) is 13.2 Å². The Bertz CT molecular complexity index is 642. The van der Waals surface area contributed by atoms with Crippen molar-refractivity contribution in [3.05, 3.63) is 83.9 Å². The van der Waals surface area contributed by atoms with Crippen LogP contribution in [0, 0.1) is 0 Å². The average molecular weight is 304 g/mol. The predicted octanol–water partition coefficient (Wildman–Crippen LogP) is 5.25. The number of ketones is 1. The minimum absolute atomic E-state index is 0.0644. The van der Waals surface area contributed by atoms with Gasteiger partial charge in [0.1, 0.15) is 0 Å². The van der Waals surface area contributed by atoms with Crippen molar-refractivity contribution in [2.24, 2.45) is 0 Å². The molecule has 4 heteroatoms. The zero-order valence-electron chi connectivity index (χ0n) is 11.8. The Morgan fingerprint density at radius 2 is 1.64 bits per heavy atom. The molecule has 0 radical (unpaired) electrons. The van der Waals surface area contributed by atoms with Crippen LogP contribution in [0.1, 0.15) is 33.8 Å². The fourth-order valence-corrected chi connectivity index (χ4v) is 2.20. The number of carbonyl (C=O) groups excluding carboxylic acids is 1. The molecule has 1 atom stereocenters. The second-order valence-corrected chi connectivity index (χ2v) is 4.96. The molecule has 1 nitrogen and oxygen atoms in total. The van der Waals surface area contributed by atoms with Crippen LogP contribution in [-0.4, -0.2) is 5.78 Å². The van der Waals surface area contributed by atoms with Gasteiger partial charge < -0.3 is 0 Å². The zero-order chi connectivity index (χ0) is 16.2. The van der Waals surface area contributed by atoms with Gasteiger partial charge in [0, 0.05) is 17.9 Å². The first kappa shape index (κ1) is 16.0. The molecule has 22 heavy (non-hydrogen) atoms. The lowest BCUT2D eigenvalue weighted by molar-refractivity contribution is -0.137. The first-order chi connectivity index (χ1) is 10.4. The van der Waals surface area contributed by atoms with E-state index < -0.39 is 11.7 Å². The third-order valence-electron chi connectivity index (χ3n) is 3.45. The monoisotopic (exact) mass is 304 g/mol. The maximum atomic E-state index is 12.6. The second kappa shape index (κ2) is 6.60. The van der Waals surface area contributed by atoms with Crippen LogP contribution >= 0.6 is 0 Å². The number of allylic oxidation sites excluding steroid dienone is 1. The van der Waals surface area contributed by atoms with E-state index in [-0.39, 0.29) is 18.1 Å². The van der Waals surface area contributed by atoms with E-state index in [0.717, 1.165) is 12.1 Å². The van der Waals surface area contributed by atoms with Gasteiger partial charge in [-0.2, -0.15) is 13.2 Å². The Morgan fingerprint density at radius 1 is 1.05 bits per heavy atom. The quantitative estimate of drug-likeness (QED) is 0.545. The third-order valence-corrected chi connectivity index (χ3v) is 3.45. The number of carbonyl (C=O) groups is 1. The third kappa shape index (κ3) is 3.85. The van der Waals surface area contributed by atoms with Crippen molar-refractivity contribution in [3.63, 3.8) is 0 Å². The molecule has 0 heterocycles. The van der Waals surface area contributed by atoms with Crippen LogP contribution in [0.2, 0.25) is 0 Å².